The van der Waals surface area contributed by atoms with Crippen LogP contribution < -0.4 is 9.64 Å². The first kappa shape index (κ1) is 26.8. The molecule has 0 bridgehead atoms. The molecule has 0 radical (unpaired) electrons. The van der Waals surface area contributed by atoms with Gasteiger partial charge in [-0.1, -0.05) is 44.2 Å². The van der Waals surface area contributed by atoms with Crippen LogP contribution in [0.5, 0.6) is 5.75 Å². The topological polar surface area (TPSA) is 46.8 Å². The van der Waals surface area contributed by atoms with Crippen molar-refractivity contribution in [1.29, 1.82) is 0 Å². The summed E-state index contributed by atoms with van der Waals surface area (Å²) in [6.07, 6.45) is -2.87. The summed E-state index contributed by atoms with van der Waals surface area (Å²) in [4.78, 5) is 22.3. The van der Waals surface area contributed by atoms with E-state index in [1.165, 1.54) is 35.2 Å². The zero-order valence-corrected chi connectivity index (χ0v) is 20.3. The Bertz CT molecular complexity index is 1410. The smallest absolute Gasteiger partial charge is 0.433 e. The third-order valence-electron chi connectivity index (χ3n) is 6.18. The Morgan fingerprint density at radius 2 is 1.68 bits per heavy atom. The first-order valence-electron chi connectivity index (χ1n) is 11.5. The fourth-order valence-electron chi connectivity index (χ4n) is 4.37. The van der Waals surface area contributed by atoms with E-state index in [-0.39, 0.29) is 17.9 Å². The zero-order valence-electron chi connectivity index (χ0n) is 20.3. The van der Waals surface area contributed by atoms with Gasteiger partial charge in [-0.25, -0.2) is 9.83 Å². The van der Waals surface area contributed by atoms with Crippen LogP contribution in [0.25, 0.3) is 4.85 Å². The van der Waals surface area contributed by atoms with Gasteiger partial charge in [-0.2, -0.15) is 22.0 Å². The van der Waals surface area contributed by atoms with Gasteiger partial charge in [-0.15, -0.1) is 0 Å². The van der Waals surface area contributed by atoms with Crippen LogP contribution in [0.4, 0.5) is 33.3 Å². The summed E-state index contributed by atoms with van der Waals surface area (Å²) in [7, 11) is 0. The van der Waals surface area contributed by atoms with Gasteiger partial charge in [0.05, 0.1) is 12.6 Å². The lowest BCUT2D eigenvalue weighted by atomic mass is 9.81. The summed E-state index contributed by atoms with van der Waals surface area (Å²) in [5.41, 5.74) is -0.139. The zero-order chi connectivity index (χ0) is 27.7. The van der Waals surface area contributed by atoms with E-state index in [0.29, 0.717) is 22.5 Å². The molecule has 0 saturated carbocycles. The van der Waals surface area contributed by atoms with Gasteiger partial charge in [0.2, 0.25) is 0 Å². The highest BCUT2D eigenvalue weighted by molar-refractivity contribution is 6.09. The predicted octanol–water partition coefficient (Wildman–Crippen LogP) is 7.63. The first-order chi connectivity index (χ1) is 17.9. The van der Waals surface area contributed by atoms with E-state index >= 15 is 0 Å². The third kappa shape index (κ3) is 5.67. The molecule has 2 heterocycles. The lowest BCUT2D eigenvalue weighted by molar-refractivity contribution is -0.141. The number of hydrogen-bond acceptors (Lipinski definition) is 3. The summed E-state index contributed by atoms with van der Waals surface area (Å²) in [5, 5.41) is 0. The van der Waals surface area contributed by atoms with E-state index in [1.807, 2.05) is 0 Å². The molecule has 0 aliphatic carbocycles. The van der Waals surface area contributed by atoms with E-state index in [1.54, 1.807) is 50.3 Å². The van der Waals surface area contributed by atoms with Crippen molar-refractivity contribution in [2.75, 3.05) is 4.90 Å². The van der Waals surface area contributed by atoms with Crippen LogP contribution in [0.3, 0.4) is 0 Å². The van der Waals surface area contributed by atoms with Crippen LogP contribution in [0.15, 0.2) is 78.4 Å². The van der Waals surface area contributed by atoms with Crippen molar-refractivity contribution < 1.29 is 31.5 Å². The van der Waals surface area contributed by atoms with Gasteiger partial charge < -0.3 is 4.74 Å². The van der Waals surface area contributed by atoms with E-state index in [9.17, 15) is 26.7 Å². The number of rotatable bonds is 7. The van der Waals surface area contributed by atoms with Crippen LogP contribution >= 0.6 is 0 Å². The van der Waals surface area contributed by atoms with Crippen molar-refractivity contribution in [3.63, 3.8) is 0 Å². The number of benzene rings is 2. The van der Waals surface area contributed by atoms with Gasteiger partial charge in [0, 0.05) is 22.4 Å². The van der Waals surface area contributed by atoms with Gasteiger partial charge in [-0.05, 0) is 54.5 Å². The lowest BCUT2D eigenvalue weighted by Crippen LogP contribution is -2.31. The summed E-state index contributed by atoms with van der Waals surface area (Å²) >= 11 is 0. The maximum atomic E-state index is 13.7. The largest absolute Gasteiger partial charge is 0.435 e. The molecule has 1 aliphatic rings. The number of amides is 1. The average Bonchev–Trinajstić information content (AvgIpc) is 3.18. The van der Waals surface area contributed by atoms with E-state index in [0.717, 1.165) is 6.07 Å². The summed E-state index contributed by atoms with van der Waals surface area (Å²) in [5.74, 6) is -0.477. The highest BCUT2D eigenvalue weighted by atomic mass is 19.4. The molecule has 1 amide bonds. The third-order valence-corrected chi connectivity index (χ3v) is 6.18. The number of aromatic nitrogens is 1. The average molecular weight is 527 g/mol. The van der Waals surface area contributed by atoms with E-state index < -0.39 is 35.8 Å². The quantitative estimate of drug-likeness (QED) is 0.234. The van der Waals surface area contributed by atoms with Gasteiger partial charge in [0.15, 0.2) is 5.69 Å². The number of alkyl halides is 5. The molecule has 0 N–H and O–H groups in total. The van der Waals surface area contributed by atoms with E-state index in [4.69, 9.17) is 6.57 Å². The summed E-state index contributed by atoms with van der Waals surface area (Å²) in [6.45, 7) is 7.53. The Morgan fingerprint density at radius 3 is 2.32 bits per heavy atom. The Hall–Kier alpha value is -4.26. The standard InChI is InChI=1S/C28H22F5N3O2/c1-27(2,23-8-5-9-24(35-23)28(31,32)33)16-18-15-22(17-6-4-7-21(14-17)38-26(29)30)36(25(18)37)20-12-10-19(34-3)11-13-20/h4-15,22,26H,16H2,1-2H3. The van der Waals surface area contributed by atoms with Crippen LogP contribution in [0.1, 0.15) is 43.3 Å². The molecule has 3 aromatic rings. The molecule has 1 aromatic heterocycles. The maximum absolute atomic E-state index is 13.7. The fraction of sp³-hybridized carbons (Fsp3) is 0.250. The minimum Gasteiger partial charge on any atom is -0.435 e. The number of carbonyl (C=O) groups is 1. The number of carbonyl (C=O) groups excluding carboxylic acids is 1. The Labute approximate surface area is 216 Å². The second kappa shape index (κ2) is 10.2. The summed E-state index contributed by atoms with van der Waals surface area (Å²) in [6, 6.07) is 15.2. The number of ether oxygens (including phenoxy) is 1. The molecule has 10 heteroatoms. The van der Waals surface area contributed by atoms with Crippen molar-refractivity contribution >= 4 is 17.3 Å². The number of hydrogen-bond donors (Lipinski definition) is 0. The lowest BCUT2D eigenvalue weighted by Gasteiger charge is -2.27. The summed E-state index contributed by atoms with van der Waals surface area (Å²) < 4.78 is 69.9. The Morgan fingerprint density at radius 1 is 1.03 bits per heavy atom. The molecule has 1 atom stereocenters. The predicted molar refractivity (Wildman–Crippen MR) is 131 cm³/mol. The fourth-order valence-corrected chi connectivity index (χ4v) is 4.37. The van der Waals surface area contributed by atoms with Crippen LogP contribution in [-0.2, 0) is 16.4 Å². The van der Waals surface area contributed by atoms with Gasteiger partial charge in [-0.3, -0.25) is 9.69 Å². The molecule has 0 saturated heterocycles. The minimum atomic E-state index is -4.61. The molecule has 38 heavy (non-hydrogen) atoms. The Balaban J connectivity index is 1.73. The molecule has 2 aromatic carbocycles. The van der Waals surface area contributed by atoms with Crippen molar-refractivity contribution in [1.82, 2.24) is 4.98 Å². The molecule has 1 unspecified atom stereocenters. The van der Waals surface area contributed by atoms with Crippen LogP contribution in [0.2, 0.25) is 0 Å². The van der Waals surface area contributed by atoms with Crippen molar-refractivity contribution in [3.05, 3.63) is 107 Å². The maximum Gasteiger partial charge on any atom is 0.433 e. The molecule has 4 rings (SSSR count). The minimum absolute atomic E-state index is 0.0699. The number of halogens is 5. The highest BCUT2D eigenvalue weighted by Gasteiger charge is 2.39. The second-order valence-electron chi connectivity index (χ2n) is 9.36. The van der Waals surface area contributed by atoms with Crippen LogP contribution in [-0.4, -0.2) is 17.5 Å². The molecular weight excluding hydrogens is 505 g/mol. The van der Waals surface area contributed by atoms with Crippen molar-refractivity contribution in [2.45, 2.75) is 44.5 Å². The first-order valence-corrected chi connectivity index (χ1v) is 11.5. The molecule has 5 nitrogen and oxygen atoms in total. The normalized spacial score (nSPS) is 16.0. The van der Waals surface area contributed by atoms with Crippen LogP contribution in [0, 0.1) is 6.57 Å². The van der Waals surface area contributed by atoms with Gasteiger partial charge in [0.1, 0.15) is 11.4 Å². The molecule has 196 valence electrons. The second-order valence-corrected chi connectivity index (χ2v) is 9.36. The number of nitrogens with zero attached hydrogens (tertiary/aromatic N) is 3. The monoisotopic (exact) mass is 527 g/mol. The Kier molecular flexibility index (Phi) is 7.22. The van der Waals surface area contributed by atoms with Gasteiger partial charge >= 0.3 is 12.8 Å². The van der Waals surface area contributed by atoms with Crippen molar-refractivity contribution in [3.8, 4) is 5.75 Å². The number of anilines is 1. The molecule has 0 fully saturated rings. The van der Waals surface area contributed by atoms with E-state index in [2.05, 4.69) is 14.6 Å². The molecular formula is C28H22F5N3O2. The molecule has 1 aliphatic heterocycles. The number of pyridine rings is 1. The highest BCUT2D eigenvalue weighted by Crippen LogP contribution is 2.41. The van der Waals surface area contributed by atoms with Gasteiger partial charge in [0.25, 0.3) is 5.91 Å². The molecule has 0 spiro atoms. The SMILES string of the molecule is [C-]#[N+]c1ccc(N2C(=O)C(CC(C)(C)c3cccc(C(F)(F)F)n3)=CC2c2cccc(OC(F)F)c2)cc1. The van der Waals surface area contributed by atoms with Crippen molar-refractivity contribution in [2.24, 2.45) is 0 Å².